The lowest BCUT2D eigenvalue weighted by atomic mass is 10.1. The Balaban J connectivity index is 1.79. The SMILES string of the molecule is Cc1[nH]c(C(=O)Nc2nc(-c3cccnc3)cs2)c(C)c1C(=O)OC(C)C. The molecular formula is C19H20N4O3S. The third-order valence-electron chi connectivity index (χ3n) is 3.89. The molecule has 0 spiro atoms. The van der Waals surface area contributed by atoms with Crippen molar-refractivity contribution < 1.29 is 14.3 Å². The maximum Gasteiger partial charge on any atom is 0.340 e. The van der Waals surface area contributed by atoms with Gasteiger partial charge in [0.25, 0.3) is 5.91 Å². The quantitative estimate of drug-likeness (QED) is 0.649. The van der Waals surface area contributed by atoms with Gasteiger partial charge in [-0.05, 0) is 45.4 Å². The number of thiazole rings is 1. The highest BCUT2D eigenvalue weighted by atomic mass is 32.1. The molecule has 7 nitrogen and oxygen atoms in total. The number of ether oxygens (including phenoxy) is 1. The second-order valence-corrected chi connectivity index (χ2v) is 7.17. The van der Waals surface area contributed by atoms with Gasteiger partial charge in [0.15, 0.2) is 5.13 Å². The van der Waals surface area contributed by atoms with Crippen molar-refractivity contribution in [3.8, 4) is 11.3 Å². The number of anilines is 1. The van der Waals surface area contributed by atoms with Gasteiger partial charge in [-0.25, -0.2) is 9.78 Å². The van der Waals surface area contributed by atoms with Crippen molar-refractivity contribution in [1.82, 2.24) is 15.0 Å². The Bertz CT molecular complexity index is 976. The van der Waals surface area contributed by atoms with E-state index in [1.807, 2.05) is 17.5 Å². The lowest BCUT2D eigenvalue weighted by Gasteiger charge is -2.08. The van der Waals surface area contributed by atoms with Gasteiger partial charge in [0.2, 0.25) is 0 Å². The third kappa shape index (κ3) is 4.06. The Morgan fingerprint density at radius 3 is 2.74 bits per heavy atom. The summed E-state index contributed by atoms with van der Waals surface area (Å²) < 4.78 is 5.25. The summed E-state index contributed by atoms with van der Waals surface area (Å²) in [4.78, 5) is 36.4. The van der Waals surface area contributed by atoms with Crippen molar-refractivity contribution in [3.05, 3.63) is 52.4 Å². The molecule has 0 atom stereocenters. The molecule has 3 aromatic heterocycles. The summed E-state index contributed by atoms with van der Waals surface area (Å²) in [6.45, 7) is 7.03. The Morgan fingerprint density at radius 1 is 1.30 bits per heavy atom. The standard InChI is InChI=1S/C19H20N4O3S/c1-10(2)26-18(25)15-11(3)16(21-12(15)4)17(24)23-19-22-14(9-27-19)13-6-5-7-20-8-13/h5-10,21H,1-4H3,(H,22,23,24). The molecule has 0 aliphatic carbocycles. The molecule has 0 fully saturated rings. The van der Waals surface area contributed by atoms with Crippen molar-refractivity contribution in [1.29, 1.82) is 0 Å². The maximum absolute atomic E-state index is 12.7. The van der Waals surface area contributed by atoms with Gasteiger partial charge in [-0.3, -0.25) is 15.1 Å². The van der Waals surface area contributed by atoms with E-state index in [0.717, 1.165) is 11.3 Å². The maximum atomic E-state index is 12.7. The van der Waals surface area contributed by atoms with Crippen molar-refractivity contribution in [2.75, 3.05) is 5.32 Å². The molecular weight excluding hydrogens is 364 g/mol. The number of nitrogens with one attached hydrogen (secondary N) is 2. The van der Waals surface area contributed by atoms with Crippen molar-refractivity contribution >= 4 is 28.3 Å². The van der Waals surface area contributed by atoms with Gasteiger partial charge in [-0.15, -0.1) is 11.3 Å². The van der Waals surface area contributed by atoms with Crippen LogP contribution in [0.5, 0.6) is 0 Å². The van der Waals surface area contributed by atoms with E-state index in [-0.39, 0.29) is 12.0 Å². The van der Waals surface area contributed by atoms with Gasteiger partial charge < -0.3 is 9.72 Å². The molecule has 8 heteroatoms. The molecule has 2 N–H and O–H groups in total. The van der Waals surface area contributed by atoms with E-state index in [1.54, 1.807) is 40.1 Å². The summed E-state index contributed by atoms with van der Waals surface area (Å²) in [6, 6.07) is 3.73. The molecule has 0 radical (unpaired) electrons. The smallest absolute Gasteiger partial charge is 0.340 e. The first kappa shape index (κ1) is 18.8. The summed E-state index contributed by atoms with van der Waals surface area (Å²) in [5, 5.41) is 5.10. The first-order chi connectivity index (χ1) is 12.9. The van der Waals surface area contributed by atoms with Crippen molar-refractivity contribution in [2.24, 2.45) is 0 Å². The van der Waals surface area contributed by atoms with Gasteiger partial charge in [-0.1, -0.05) is 0 Å². The number of nitrogens with zero attached hydrogens (tertiary/aromatic N) is 2. The molecule has 0 saturated carbocycles. The lowest BCUT2D eigenvalue weighted by molar-refractivity contribution is 0.0376. The largest absolute Gasteiger partial charge is 0.459 e. The van der Waals surface area contributed by atoms with E-state index < -0.39 is 5.97 Å². The van der Waals surface area contributed by atoms with Crippen LogP contribution in [0.4, 0.5) is 5.13 Å². The predicted molar refractivity (Wildman–Crippen MR) is 104 cm³/mol. The van der Waals surface area contributed by atoms with Crippen LogP contribution in [0.3, 0.4) is 0 Å². The highest BCUT2D eigenvalue weighted by molar-refractivity contribution is 7.14. The fourth-order valence-electron chi connectivity index (χ4n) is 2.69. The van der Waals surface area contributed by atoms with Crippen LogP contribution in [0.1, 0.15) is 46.0 Å². The first-order valence-corrected chi connectivity index (χ1v) is 9.32. The van der Waals surface area contributed by atoms with Crippen LogP contribution in [0.15, 0.2) is 29.9 Å². The summed E-state index contributed by atoms with van der Waals surface area (Å²) in [5.41, 5.74) is 3.48. The minimum Gasteiger partial charge on any atom is -0.459 e. The molecule has 3 aromatic rings. The third-order valence-corrected chi connectivity index (χ3v) is 4.65. The van der Waals surface area contributed by atoms with Crippen LogP contribution >= 0.6 is 11.3 Å². The van der Waals surface area contributed by atoms with E-state index in [1.165, 1.54) is 11.3 Å². The average molecular weight is 384 g/mol. The molecule has 0 aliphatic heterocycles. The minimum atomic E-state index is -0.441. The number of hydrogen-bond donors (Lipinski definition) is 2. The van der Waals surface area contributed by atoms with Crippen LogP contribution in [0.25, 0.3) is 11.3 Å². The summed E-state index contributed by atoms with van der Waals surface area (Å²) >= 11 is 1.32. The van der Waals surface area contributed by atoms with Crippen LogP contribution in [-0.4, -0.2) is 32.9 Å². The fraction of sp³-hybridized carbons (Fsp3) is 0.263. The second-order valence-electron chi connectivity index (χ2n) is 6.31. The highest BCUT2D eigenvalue weighted by Crippen LogP contribution is 2.25. The van der Waals surface area contributed by atoms with Crippen LogP contribution in [0, 0.1) is 13.8 Å². The fourth-order valence-corrected chi connectivity index (χ4v) is 3.41. The molecule has 0 aromatic carbocycles. The number of esters is 1. The van der Waals surface area contributed by atoms with Gasteiger partial charge in [0.05, 0.1) is 17.4 Å². The van der Waals surface area contributed by atoms with Gasteiger partial charge in [-0.2, -0.15) is 0 Å². The molecule has 3 rings (SSSR count). The molecule has 0 bridgehead atoms. The molecule has 3 heterocycles. The van der Waals surface area contributed by atoms with E-state index in [0.29, 0.717) is 27.6 Å². The Hall–Kier alpha value is -3.00. The van der Waals surface area contributed by atoms with E-state index >= 15 is 0 Å². The molecule has 0 aliphatic rings. The number of aromatic nitrogens is 3. The predicted octanol–water partition coefficient (Wildman–Crippen LogP) is 3.97. The Morgan fingerprint density at radius 2 is 2.07 bits per heavy atom. The zero-order chi connectivity index (χ0) is 19.6. The number of pyridine rings is 1. The van der Waals surface area contributed by atoms with E-state index in [9.17, 15) is 9.59 Å². The van der Waals surface area contributed by atoms with Crippen LogP contribution < -0.4 is 5.32 Å². The van der Waals surface area contributed by atoms with Gasteiger partial charge in [0.1, 0.15) is 5.69 Å². The van der Waals surface area contributed by atoms with Crippen molar-refractivity contribution in [2.45, 2.75) is 33.8 Å². The van der Waals surface area contributed by atoms with E-state index in [4.69, 9.17) is 4.74 Å². The minimum absolute atomic E-state index is 0.232. The summed E-state index contributed by atoms with van der Waals surface area (Å²) in [5.74, 6) is -0.797. The Kier molecular flexibility index (Phi) is 5.36. The number of rotatable bonds is 5. The Labute approximate surface area is 160 Å². The number of aromatic amines is 1. The highest BCUT2D eigenvalue weighted by Gasteiger charge is 2.24. The van der Waals surface area contributed by atoms with Crippen LogP contribution in [0.2, 0.25) is 0 Å². The summed E-state index contributed by atoms with van der Waals surface area (Å²) in [6.07, 6.45) is 3.17. The zero-order valence-electron chi connectivity index (χ0n) is 15.5. The normalized spacial score (nSPS) is 10.9. The first-order valence-electron chi connectivity index (χ1n) is 8.44. The molecule has 140 valence electrons. The number of H-pyrrole nitrogens is 1. The van der Waals surface area contributed by atoms with Gasteiger partial charge >= 0.3 is 5.97 Å². The number of amides is 1. The molecule has 27 heavy (non-hydrogen) atoms. The molecule has 0 saturated heterocycles. The van der Waals surface area contributed by atoms with Crippen molar-refractivity contribution in [3.63, 3.8) is 0 Å². The number of carbonyl (C=O) groups is 2. The summed E-state index contributed by atoms with van der Waals surface area (Å²) in [7, 11) is 0. The lowest BCUT2D eigenvalue weighted by Crippen LogP contribution is -2.15. The number of aryl methyl sites for hydroxylation is 1. The van der Waals surface area contributed by atoms with Crippen LogP contribution in [-0.2, 0) is 4.74 Å². The van der Waals surface area contributed by atoms with Gasteiger partial charge in [0, 0.05) is 29.0 Å². The monoisotopic (exact) mass is 384 g/mol. The number of carbonyl (C=O) groups excluding carboxylic acids is 2. The second kappa shape index (κ2) is 7.71. The average Bonchev–Trinajstić information content (AvgIpc) is 3.19. The zero-order valence-corrected chi connectivity index (χ0v) is 16.3. The molecule has 1 amide bonds. The number of hydrogen-bond acceptors (Lipinski definition) is 6. The van der Waals surface area contributed by atoms with E-state index in [2.05, 4.69) is 20.3 Å². The topological polar surface area (TPSA) is 97.0 Å². The molecule has 0 unspecified atom stereocenters.